The highest BCUT2D eigenvalue weighted by atomic mass is 16.4. The van der Waals surface area contributed by atoms with Crippen molar-refractivity contribution in [3.8, 4) is 5.75 Å². The molecule has 0 saturated heterocycles. The maximum absolute atomic E-state index is 10.9. The third-order valence-corrected chi connectivity index (χ3v) is 2.48. The number of hydrogen-bond acceptors (Lipinski definition) is 3. The van der Waals surface area contributed by atoms with E-state index in [0.717, 1.165) is 0 Å². The number of para-hydroxylation sites is 1. The number of hydrogen-bond donors (Lipinski definition) is 3. The van der Waals surface area contributed by atoms with E-state index in [1.54, 1.807) is 18.2 Å². The Hall–Kier alpha value is -1.71. The summed E-state index contributed by atoms with van der Waals surface area (Å²) in [6.07, 6.45) is 0.561. The van der Waals surface area contributed by atoms with Crippen molar-refractivity contribution in [1.82, 2.24) is 0 Å². The average Bonchev–Trinajstić information content (AvgIpc) is 2.17. The van der Waals surface area contributed by atoms with Gasteiger partial charge in [0, 0.05) is 6.54 Å². The van der Waals surface area contributed by atoms with Gasteiger partial charge in [-0.25, -0.2) is 0 Å². The Morgan fingerprint density at radius 2 is 2.29 bits per heavy atom. The van der Waals surface area contributed by atoms with Crippen LogP contribution in [-0.4, -0.2) is 22.7 Å². The number of phenols is 1. The molecule has 1 aromatic rings. The lowest BCUT2D eigenvalue weighted by Crippen LogP contribution is -2.22. The van der Waals surface area contributed by atoms with Gasteiger partial charge in [0.1, 0.15) is 5.75 Å². The summed E-state index contributed by atoms with van der Waals surface area (Å²) < 4.78 is 0. The van der Waals surface area contributed by atoms with E-state index in [2.05, 4.69) is 5.32 Å². The molecule has 0 spiro atoms. The molecule has 1 unspecified atom stereocenters. The van der Waals surface area contributed by atoms with Crippen LogP contribution in [-0.2, 0) is 4.79 Å². The second kappa shape index (κ2) is 3.21. The molecule has 1 aliphatic heterocycles. The zero-order valence-corrected chi connectivity index (χ0v) is 7.53. The van der Waals surface area contributed by atoms with Crippen LogP contribution in [0, 0.1) is 0 Å². The lowest BCUT2D eigenvalue weighted by atomic mass is 9.91. The third kappa shape index (κ3) is 1.28. The highest BCUT2D eigenvalue weighted by molar-refractivity contribution is 5.81. The summed E-state index contributed by atoms with van der Waals surface area (Å²) in [6, 6.07) is 4.95. The standard InChI is InChI=1S/C10H11NO3/c12-8-3-1-2-6-7(10(13)14)4-5-11-9(6)8/h1-3,7,11-12H,4-5H2,(H,13,14). The molecule has 0 aromatic heterocycles. The van der Waals surface area contributed by atoms with Crippen LogP contribution >= 0.6 is 0 Å². The van der Waals surface area contributed by atoms with Crippen molar-refractivity contribution in [2.75, 3.05) is 11.9 Å². The molecule has 1 heterocycles. The molecule has 4 nitrogen and oxygen atoms in total. The number of aliphatic carboxylic acids is 1. The highest BCUT2D eigenvalue weighted by Gasteiger charge is 2.27. The van der Waals surface area contributed by atoms with Crippen molar-refractivity contribution in [3.63, 3.8) is 0 Å². The lowest BCUT2D eigenvalue weighted by molar-refractivity contribution is -0.138. The fraction of sp³-hybridized carbons (Fsp3) is 0.300. The Bertz CT molecular complexity index is 376. The predicted octanol–water partition coefficient (Wildman–Crippen LogP) is 1.38. The molecule has 2 rings (SSSR count). The first kappa shape index (κ1) is 8.87. The SMILES string of the molecule is O=C(O)C1CCNc2c(O)cccc21. The van der Waals surface area contributed by atoms with Crippen LogP contribution in [0.4, 0.5) is 5.69 Å². The first-order valence-electron chi connectivity index (χ1n) is 4.48. The van der Waals surface area contributed by atoms with Gasteiger partial charge >= 0.3 is 5.97 Å². The molecule has 14 heavy (non-hydrogen) atoms. The van der Waals surface area contributed by atoms with E-state index in [1.807, 2.05) is 0 Å². The molecule has 0 fully saturated rings. The normalized spacial score (nSPS) is 19.6. The van der Waals surface area contributed by atoms with E-state index in [9.17, 15) is 9.90 Å². The van der Waals surface area contributed by atoms with Crippen LogP contribution in [0.1, 0.15) is 17.9 Å². The van der Waals surface area contributed by atoms with Crippen LogP contribution in [0.25, 0.3) is 0 Å². The van der Waals surface area contributed by atoms with Crippen molar-refractivity contribution < 1.29 is 15.0 Å². The maximum atomic E-state index is 10.9. The number of carboxylic acids is 1. The number of benzene rings is 1. The minimum atomic E-state index is -0.835. The van der Waals surface area contributed by atoms with Gasteiger partial charge in [-0.15, -0.1) is 0 Å². The van der Waals surface area contributed by atoms with Crippen LogP contribution in [0.5, 0.6) is 5.75 Å². The van der Waals surface area contributed by atoms with Gasteiger partial charge in [0.15, 0.2) is 0 Å². The van der Waals surface area contributed by atoms with E-state index in [1.165, 1.54) is 0 Å². The van der Waals surface area contributed by atoms with Gasteiger partial charge in [0.05, 0.1) is 11.6 Å². The monoisotopic (exact) mass is 193 g/mol. The number of aromatic hydroxyl groups is 1. The van der Waals surface area contributed by atoms with E-state index in [4.69, 9.17) is 5.11 Å². The van der Waals surface area contributed by atoms with Gasteiger partial charge in [-0.2, -0.15) is 0 Å². The van der Waals surface area contributed by atoms with Crippen molar-refractivity contribution in [2.24, 2.45) is 0 Å². The van der Waals surface area contributed by atoms with Gasteiger partial charge < -0.3 is 15.5 Å². The smallest absolute Gasteiger partial charge is 0.311 e. The Morgan fingerprint density at radius 1 is 1.50 bits per heavy atom. The Morgan fingerprint density at radius 3 is 3.00 bits per heavy atom. The number of phenolic OH excluding ortho intramolecular Hbond substituents is 1. The summed E-state index contributed by atoms with van der Waals surface area (Å²) >= 11 is 0. The zero-order chi connectivity index (χ0) is 10.1. The molecule has 0 aliphatic carbocycles. The van der Waals surface area contributed by atoms with Crippen LogP contribution in [0.2, 0.25) is 0 Å². The molecule has 74 valence electrons. The highest BCUT2D eigenvalue weighted by Crippen LogP contribution is 2.37. The molecule has 0 amide bonds. The molecule has 3 N–H and O–H groups in total. The second-order valence-corrected chi connectivity index (χ2v) is 3.35. The maximum Gasteiger partial charge on any atom is 0.311 e. The summed E-state index contributed by atoms with van der Waals surface area (Å²) in [5.41, 5.74) is 1.23. The predicted molar refractivity (Wildman–Crippen MR) is 51.6 cm³/mol. The molecule has 0 saturated carbocycles. The summed E-state index contributed by atoms with van der Waals surface area (Å²) in [7, 11) is 0. The van der Waals surface area contributed by atoms with Crippen molar-refractivity contribution in [1.29, 1.82) is 0 Å². The molecule has 1 aromatic carbocycles. The van der Waals surface area contributed by atoms with Crippen LogP contribution in [0.3, 0.4) is 0 Å². The third-order valence-electron chi connectivity index (χ3n) is 2.48. The van der Waals surface area contributed by atoms with Crippen molar-refractivity contribution in [2.45, 2.75) is 12.3 Å². The number of carbonyl (C=O) groups is 1. The van der Waals surface area contributed by atoms with Crippen LogP contribution in [0.15, 0.2) is 18.2 Å². The fourth-order valence-corrected chi connectivity index (χ4v) is 1.79. The van der Waals surface area contributed by atoms with Gasteiger partial charge in [-0.3, -0.25) is 4.79 Å². The topological polar surface area (TPSA) is 69.6 Å². The molecular formula is C10H11NO3. The minimum Gasteiger partial charge on any atom is -0.506 e. The molecule has 0 bridgehead atoms. The van der Waals surface area contributed by atoms with E-state index >= 15 is 0 Å². The van der Waals surface area contributed by atoms with Crippen LogP contribution < -0.4 is 5.32 Å². The fourth-order valence-electron chi connectivity index (χ4n) is 1.79. The largest absolute Gasteiger partial charge is 0.506 e. The van der Waals surface area contributed by atoms with E-state index < -0.39 is 11.9 Å². The van der Waals surface area contributed by atoms with Gasteiger partial charge in [0.25, 0.3) is 0 Å². The summed E-state index contributed by atoms with van der Waals surface area (Å²) in [5, 5.41) is 21.5. The number of rotatable bonds is 1. The number of nitrogens with one attached hydrogen (secondary N) is 1. The quantitative estimate of drug-likeness (QED) is 0.589. The molecule has 1 aliphatic rings. The lowest BCUT2D eigenvalue weighted by Gasteiger charge is -2.24. The zero-order valence-electron chi connectivity index (χ0n) is 7.53. The van der Waals surface area contributed by atoms with Gasteiger partial charge in [-0.05, 0) is 18.1 Å². The summed E-state index contributed by atoms with van der Waals surface area (Å²) in [6.45, 7) is 0.585. The average molecular weight is 193 g/mol. The first-order valence-corrected chi connectivity index (χ1v) is 4.48. The summed E-state index contributed by atoms with van der Waals surface area (Å²) in [4.78, 5) is 10.9. The Labute approximate surface area is 81.2 Å². The molecule has 0 radical (unpaired) electrons. The van der Waals surface area contributed by atoms with Crippen molar-refractivity contribution >= 4 is 11.7 Å². The molecular weight excluding hydrogens is 182 g/mol. The Balaban J connectivity index is 2.49. The number of anilines is 1. The molecule has 4 heteroatoms. The van der Waals surface area contributed by atoms with Gasteiger partial charge in [0.2, 0.25) is 0 Å². The number of fused-ring (bicyclic) bond motifs is 1. The van der Waals surface area contributed by atoms with E-state index in [0.29, 0.717) is 24.2 Å². The first-order chi connectivity index (χ1) is 6.70. The second-order valence-electron chi connectivity index (χ2n) is 3.35. The molecule has 1 atom stereocenters. The van der Waals surface area contributed by atoms with Gasteiger partial charge in [-0.1, -0.05) is 12.1 Å². The minimum absolute atomic E-state index is 0.119. The van der Waals surface area contributed by atoms with E-state index in [-0.39, 0.29) is 5.75 Å². The van der Waals surface area contributed by atoms with Crippen molar-refractivity contribution in [3.05, 3.63) is 23.8 Å². The number of carboxylic acid groups (broad SMARTS) is 1. The Kier molecular flexibility index (Phi) is 2.04. The summed E-state index contributed by atoms with van der Waals surface area (Å²) in [5.74, 6) is -1.22.